The molecule has 30 heavy (non-hydrogen) atoms. The molecule has 9 heteroatoms. The Morgan fingerprint density at radius 3 is 2.80 bits per heavy atom. The number of carbonyl (C=O) groups excluding carboxylic acids is 1. The maximum absolute atomic E-state index is 13.0. The first-order chi connectivity index (χ1) is 14.5. The lowest BCUT2D eigenvalue weighted by Crippen LogP contribution is -2.27. The van der Waals surface area contributed by atoms with E-state index in [1.54, 1.807) is 4.68 Å². The number of aromatic nitrogens is 5. The zero-order valence-corrected chi connectivity index (χ0v) is 17.8. The molecule has 1 N–H and O–H groups in total. The molecular formula is C21H17ClN6OS. The fourth-order valence-electron chi connectivity index (χ4n) is 3.43. The number of halogens is 1. The lowest BCUT2D eigenvalue weighted by Gasteiger charge is -2.11. The van der Waals surface area contributed by atoms with E-state index in [2.05, 4.69) is 20.6 Å². The van der Waals surface area contributed by atoms with Gasteiger partial charge in [-0.2, -0.15) is 5.10 Å². The molecule has 7 nitrogen and oxygen atoms in total. The van der Waals surface area contributed by atoms with E-state index in [1.165, 1.54) is 11.3 Å². The number of benzene rings is 1. The minimum absolute atomic E-state index is 0.165. The van der Waals surface area contributed by atoms with Crippen molar-refractivity contribution in [1.82, 2.24) is 29.7 Å². The third-order valence-corrected chi connectivity index (χ3v) is 6.35. The summed E-state index contributed by atoms with van der Waals surface area (Å²) in [5.41, 5.74) is 2.37. The normalized spacial score (nSPS) is 12.5. The Balaban J connectivity index is 1.47. The highest BCUT2D eigenvalue weighted by Crippen LogP contribution is 2.32. The van der Waals surface area contributed by atoms with Crippen LogP contribution in [0.15, 0.2) is 54.7 Å². The molecule has 0 saturated carbocycles. The first-order valence-corrected chi connectivity index (χ1v) is 10.6. The molecule has 5 aromatic rings. The second-order valence-corrected chi connectivity index (χ2v) is 8.40. The van der Waals surface area contributed by atoms with E-state index in [-0.39, 0.29) is 11.9 Å². The number of para-hydroxylation sites is 1. The van der Waals surface area contributed by atoms with E-state index in [4.69, 9.17) is 11.6 Å². The maximum atomic E-state index is 13.0. The van der Waals surface area contributed by atoms with E-state index in [0.29, 0.717) is 15.7 Å². The molecule has 1 aromatic carbocycles. The lowest BCUT2D eigenvalue weighted by atomic mass is 10.2. The van der Waals surface area contributed by atoms with Crippen molar-refractivity contribution in [3.8, 4) is 5.69 Å². The first kappa shape index (κ1) is 18.8. The minimum atomic E-state index is -0.304. The highest BCUT2D eigenvalue weighted by Gasteiger charge is 2.21. The van der Waals surface area contributed by atoms with Crippen LogP contribution in [0.3, 0.4) is 0 Å². The van der Waals surface area contributed by atoms with Gasteiger partial charge in [-0.3, -0.25) is 9.20 Å². The number of pyridine rings is 1. The largest absolute Gasteiger partial charge is 0.342 e. The minimum Gasteiger partial charge on any atom is -0.342 e. The van der Waals surface area contributed by atoms with Crippen LogP contribution in [0, 0.1) is 6.92 Å². The zero-order valence-electron chi connectivity index (χ0n) is 16.2. The van der Waals surface area contributed by atoms with Crippen molar-refractivity contribution in [2.45, 2.75) is 19.9 Å². The fraction of sp³-hybridized carbons (Fsp3) is 0.143. The fourth-order valence-corrected chi connectivity index (χ4v) is 4.73. The average molecular weight is 437 g/mol. The predicted molar refractivity (Wildman–Crippen MR) is 118 cm³/mol. The van der Waals surface area contributed by atoms with E-state index in [0.717, 1.165) is 27.2 Å². The van der Waals surface area contributed by atoms with Crippen LogP contribution in [-0.2, 0) is 0 Å². The Bertz CT molecular complexity index is 1400. The van der Waals surface area contributed by atoms with Crippen molar-refractivity contribution < 1.29 is 4.79 Å². The molecule has 0 fully saturated rings. The van der Waals surface area contributed by atoms with Gasteiger partial charge in [-0.05, 0) is 44.2 Å². The Morgan fingerprint density at radius 1 is 1.17 bits per heavy atom. The van der Waals surface area contributed by atoms with Crippen molar-refractivity contribution in [3.05, 3.63) is 76.1 Å². The summed E-state index contributed by atoms with van der Waals surface area (Å²) >= 11 is 7.75. The Kier molecular flexibility index (Phi) is 4.52. The van der Waals surface area contributed by atoms with Crippen LogP contribution >= 0.6 is 22.9 Å². The van der Waals surface area contributed by atoms with Gasteiger partial charge >= 0.3 is 0 Å². The van der Waals surface area contributed by atoms with Gasteiger partial charge in [0.25, 0.3) is 5.91 Å². The van der Waals surface area contributed by atoms with Crippen LogP contribution in [0.2, 0.25) is 5.02 Å². The molecule has 4 heterocycles. The van der Waals surface area contributed by atoms with Crippen molar-refractivity contribution in [2.24, 2.45) is 0 Å². The van der Waals surface area contributed by atoms with Crippen LogP contribution in [-0.4, -0.2) is 30.3 Å². The summed E-state index contributed by atoms with van der Waals surface area (Å²) in [7, 11) is 0. The standard InChI is InChI=1S/C21H17ClN6OS/c1-12-14-11-17(30-21(14)28(26-12)16-8-4-3-7-15(16)22)20(29)23-13(2)19-25-24-18-9-5-6-10-27(18)19/h3-11,13H,1-2H3,(H,23,29). The average Bonchev–Trinajstić information content (AvgIpc) is 3.43. The number of hydrogen-bond donors (Lipinski definition) is 1. The molecule has 0 aliphatic rings. The second-order valence-electron chi connectivity index (χ2n) is 6.96. The highest BCUT2D eigenvalue weighted by atomic mass is 35.5. The Morgan fingerprint density at radius 2 is 1.97 bits per heavy atom. The number of rotatable bonds is 4. The van der Waals surface area contributed by atoms with Crippen LogP contribution in [0.25, 0.3) is 21.6 Å². The summed E-state index contributed by atoms with van der Waals surface area (Å²) in [5.74, 6) is 0.514. The van der Waals surface area contributed by atoms with Gasteiger partial charge in [0, 0.05) is 11.6 Å². The summed E-state index contributed by atoms with van der Waals surface area (Å²) in [6, 6.07) is 14.8. The lowest BCUT2D eigenvalue weighted by molar-refractivity contribution is 0.0942. The van der Waals surface area contributed by atoms with Crippen LogP contribution in [0.4, 0.5) is 0 Å². The summed E-state index contributed by atoms with van der Waals surface area (Å²) in [6.07, 6.45) is 1.88. The molecule has 0 radical (unpaired) electrons. The van der Waals surface area contributed by atoms with Gasteiger partial charge in [0.1, 0.15) is 4.83 Å². The molecule has 0 bridgehead atoms. The van der Waals surface area contributed by atoms with Crippen molar-refractivity contribution in [3.63, 3.8) is 0 Å². The quantitative estimate of drug-likeness (QED) is 0.447. The molecule has 1 unspecified atom stereocenters. The molecule has 0 aliphatic carbocycles. The van der Waals surface area contributed by atoms with Gasteiger partial charge in [0.2, 0.25) is 0 Å². The summed E-state index contributed by atoms with van der Waals surface area (Å²) < 4.78 is 3.67. The van der Waals surface area contributed by atoms with Crippen molar-refractivity contribution >= 4 is 44.7 Å². The molecule has 0 spiro atoms. The van der Waals surface area contributed by atoms with Gasteiger partial charge in [-0.1, -0.05) is 29.8 Å². The van der Waals surface area contributed by atoms with Gasteiger partial charge in [0.15, 0.2) is 11.5 Å². The second kappa shape index (κ2) is 7.23. The van der Waals surface area contributed by atoms with E-state index >= 15 is 0 Å². The maximum Gasteiger partial charge on any atom is 0.262 e. The van der Waals surface area contributed by atoms with E-state index in [1.807, 2.05) is 73.0 Å². The number of nitrogens with one attached hydrogen (secondary N) is 1. The van der Waals surface area contributed by atoms with Crippen molar-refractivity contribution in [2.75, 3.05) is 0 Å². The monoisotopic (exact) mass is 436 g/mol. The number of hydrogen-bond acceptors (Lipinski definition) is 5. The third kappa shape index (κ3) is 3.05. The number of amides is 1. The van der Waals surface area contributed by atoms with E-state index < -0.39 is 0 Å². The number of aryl methyl sites for hydroxylation is 1. The zero-order chi connectivity index (χ0) is 20.8. The molecule has 5 rings (SSSR count). The Labute approximate surface area is 180 Å². The van der Waals surface area contributed by atoms with Crippen molar-refractivity contribution in [1.29, 1.82) is 0 Å². The third-order valence-electron chi connectivity index (χ3n) is 4.92. The van der Waals surface area contributed by atoms with E-state index in [9.17, 15) is 4.79 Å². The molecular weight excluding hydrogens is 420 g/mol. The summed E-state index contributed by atoms with van der Waals surface area (Å²) in [5, 5.41) is 17.5. The molecule has 4 aromatic heterocycles. The molecule has 0 saturated heterocycles. The summed E-state index contributed by atoms with van der Waals surface area (Å²) in [4.78, 5) is 14.5. The van der Waals surface area contributed by atoms with Gasteiger partial charge in [-0.25, -0.2) is 4.68 Å². The summed E-state index contributed by atoms with van der Waals surface area (Å²) in [6.45, 7) is 3.82. The predicted octanol–water partition coefficient (Wildman–Crippen LogP) is 4.58. The SMILES string of the molecule is Cc1nn(-c2ccccc2Cl)c2sc(C(=O)NC(C)c3nnc4ccccn34)cc12. The van der Waals surface area contributed by atoms with Gasteiger partial charge < -0.3 is 5.32 Å². The number of thiophene rings is 1. The smallest absolute Gasteiger partial charge is 0.262 e. The van der Waals surface area contributed by atoms with Crippen LogP contribution < -0.4 is 5.32 Å². The number of nitrogens with zero attached hydrogens (tertiary/aromatic N) is 5. The Hall–Kier alpha value is -3.23. The van der Waals surface area contributed by atoms with Crippen LogP contribution in [0.1, 0.15) is 34.2 Å². The topological polar surface area (TPSA) is 77.1 Å². The number of fused-ring (bicyclic) bond motifs is 2. The first-order valence-electron chi connectivity index (χ1n) is 9.37. The molecule has 150 valence electrons. The van der Waals surface area contributed by atoms with Gasteiger partial charge in [-0.15, -0.1) is 21.5 Å². The molecule has 1 atom stereocenters. The van der Waals surface area contributed by atoms with Crippen LogP contribution in [0.5, 0.6) is 0 Å². The highest BCUT2D eigenvalue weighted by molar-refractivity contribution is 7.20. The number of carbonyl (C=O) groups is 1. The van der Waals surface area contributed by atoms with Gasteiger partial charge in [0.05, 0.1) is 27.3 Å². The molecule has 0 aliphatic heterocycles. The molecule has 1 amide bonds.